The minimum absolute atomic E-state index is 0.584. The summed E-state index contributed by atoms with van der Waals surface area (Å²) in [7, 11) is 0. The normalized spacial score (nSPS) is 13.9. The molecule has 0 fully saturated rings. The molecule has 0 unspecified atom stereocenters. The number of thiophene rings is 1. The first-order valence-electron chi connectivity index (χ1n) is 5.95. The molecule has 20 heavy (non-hydrogen) atoms. The zero-order chi connectivity index (χ0) is 13.7. The van der Waals surface area contributed by atoms with Gasteiger partial charge in [0.15, 0.2) is 11.5 Å². The molecule has 1 aromatic carbocycles. The fraction of sp³-hybridized carbons (Fsp3) is 0.154. The molecule has 0 radical (unpaired) electrons. The van der Waals surface area contributed by atoms with Crippen LogP contribution in [0.4, 0.5) is 0 Å². The number of aromatic nitrogens is 2. The predicted molar refractivity (Wildman–Crippen MR) is 85.8 cm³/mol. The van der Waals surface area contributed by atoms with E-state index in [2.05, 4.69) is 41.8 Å². The largest absolute Gasteiger partial charge is 0.486 e. The highest BCUT2D eigenvalue weighted by atomic mass is 79.9. The van der Waals surface area contributed by atoms with Gasteiger partial charge < -0.3 is 14.5 Å². The number of fused-ring (bicyclic) bond motifs is 2. The summed E-state index contributed by atoms with van der Waals surface area (Å²) in [5, 5.41) is 0. The van der Waals surface area contributed by atoms with E-state index in [-0.39, 0.29) is 0 Å². The maximum atomic E-state index is 5.58. The van der Waals surface area contributed by atoms with Crippen molar-refractivity contribution in [2.75, 3.05) is 13.2 Å². The van der Waals surface area contributed by atoms with Crippen LogP contribution in [0.1, 0.15) is 0 Å². The van der Waals surface area contributed by atoms with Crippen molar-refractivity contribution in [1.29, 1.82) is 0 Å². The molecule has 0 bridgehead atoms. The molecule has 0 saturated heterocycles. The van der Waals surface area contributed by atoms with Crippen molar-refractivity contribution in [3.63, 3.8) is 0 Å². The van der Waals surface area contributed by atoms with E-state index < -0.39 is 0 Å². The number of nitrogens with zero attached hydrogens (tertiary/aromatic N) is 1. The summed E-state index contributed by atoms with van der Waals surface area (Å²) in [6, 6.07) is 5.90. The summed E-state index contributed by atoms with van der Waals surface area (Å²) in [5.41, 5.74) is 1.83. The number of hydrogen-bond acceptors (Lipinski definition) is 4. The third kappa shape index (κ3) is 2.04. The van der Waals surface area contributed by atoms with Crippen LogP contribution < -0.4 is 9.47 Å². The van der Waals surface area contributed by atoms with E-state index in [0.717, 1.165) is 41.5 Å². The molecule has 1 N–H and O–H groups in total. The summed E-state index contributed by atoms with van der Waals surface area (Å²) >= 11 is 8.62. The van der Waals surface area contributed by atoms with Gasteiger partial charge in [0, 0.05) is 16.6 Å². The number of rotatable bonds is 1. The van der Waals surface area contributed by atoms with Gasteiger partial charge in [0.2, 0.25) is 0 Å². The van der Waals surface area contributed by atoms with Gasteiger partial charge >= 0.3 is 0 Å². The summed E-state index contributed by atoms with van der Waals surface area (Å²) in [6.07, 6.45) is 0. The average molecular weight is 416 g/mol. The second-order valence-corrected chi connectivity index (χ2v) is 7.56. The van der Waals surface area contributed by atoms with Crippen LogP contribution in [0.3, 0.4) is 0 Å². The Morgan fingerprint density at radius 1 is 1.10 bits per heavy atom. The fourth-order valence-electron chi connectivity index (χ4n) is 2.13. The molecule has 0 amide bonds. The molecule has 7 heteroatoms. The van der Waals surface area contributed by atoms with Crippen molar-refractivity contribution in [3.8, 4) is 22.2 Å². The molecule has 0 saturated carbocycles. The lowest BCUT2D eigenvalue weighted by atomic mass is 10.2. The van der Waals surface area contributed by atoms with Crippen LogP contribution in [0.25, 0.3) is 21.7 Å². The Kier molecular flexibility index (Phi) is 3.01. The number of ether oxygens (including phenoxy) is 2. The second kappa shape index (κ2) is 4.75. The smallest absolute Gasteiger partial charge is 0.163 e. The molecule has 1 aliphatic heterocycles. The average Bonchev–Trinajstić information content (AvgIpc) is 3.00. The molecule has 4 nitrogen and oxygen atoms in total. The highest BCUT2D eigenvalue weighted by molar-refractivity contribution is 9.13. The Labute approximate surface area is 135 Å². The SMILES string of the molecule is Brc1cc(-c2nc3cc4c(cc3[nH]2)OCCO4)sc1Br. The number of benzene rings is 1. The molecule has 0 aliphatic carbocycles. The van der Waals surface area contributed by atoms with Crippen LogP contribution in [0.15, 0.2) is 26.5 Å². The fourth-order valence-corrected chi connectivity index (χ4v) is 4.11. The standard InChI is InChI=1S/C13H8Br2N2O2S/c14-6-3-11(20-12(6)15)13-16-7-4-9-10(5-8(7)17-13)19-2-1-18-9/h3-5H,1-2H2,(H,16,17). The summed E-state index contributed by atoms with van der Waals surface area (Å²) < 4.78 is 13.2. The Hall–Kier alpha value is -1.05. The molecule has 0 atom stereocenters. The van der Waals surface area contributed by atoms with Gasteiger partial charge in [-0.25, -0.2) is 4.98 Å². The first-order chi connectivity index (χ1) is 9.70. The van der Waals surface area contributed by atoms with Crippen LogP contribution in [0.5, 0.6) is 11.5 Å². The number of aromatic amines is 1. The third-order valence-electron chi connectivity index (χ3n) is 3.02. The summed E-state index contributed by atoms with van der Waals surface area (Å²) in [5.74, 6) is 2.38. The Balaban J connectivity index is 1.86. The Bertz CT molecular complexity index is 750. The van der Waals surface area contributed by atoms with E-state index >= 15 is 0 Å². The monoisotopic (exact) mass is 414 g/mol. The van der Waals surface area contributed by atoms with Crippen molar-refractivity contribution in [2.45, 2.75) is 0 Å². The second-order valence-electron chi connectivity index (χ2n) is 4.33. The minimum atomic E-state index is 0.584. The molecule has 3 heterocycles. The maximum Gasteiger partial charge on any atom is 0.163 e. The van der Waals surface area contributed by atoms with Gasteiger partial charge in [0.1, 0.15) is 19.0 Å². The quantitative estimate of drug-likeness (QED) is 0.632. The van der Waals surface area contributed by atoms with Crippen LogP contribution in [-0.4, -0.2) is 23.2 Å². The highest BCUT2D eigenvalue weighted by Gasteiger charge is 2.16. The summed E-state index contributed by atoms with van der Waals surface area (Å²) in [4.78, 5) is 9.02. The molecular formula is C13H8Br2N2O2S. The number of H-pyrrole nitrogens is 1. The van der Waals surface area contributed by atoms with Crippen molar-refractivity contribution < 1.29 is 9.47 Å². The zero-order valence-electron chi connectivity index (χ0n) is 10.1. The number of halogens is 2. The Morgan fingerprint density at radius 2 is 1.85 bits per heavy atom. The van der Waals surface area contributed by atoms with Gasteiger partial charge in [-0.05, 0) is 37.9 Å². The van der Waals surface area contributed by atoms with Gasteiger partial charge in [-0.1, -0.05) is 0 Å². The predicted octanol–water partition coefficient (Wildman–Crippen LogP) is 4.59. The van der Waals surface area contributed by atoms with Crippen LogP contribution >= 0.6 is 43.2 Å². The molecule has 2 aromatic heterocycles. The number of imidazole rings is 1. The molecule has 1 aliphatic rings. The molecule has 102 valence electrons. The molecular weight excluding hydrogens is 408 g/mol. The van der Waals surface area contributed by atoms with E-state index in [1.807, 2.05) is 18.2 Å². The lowest BCUT2D eigenvalue weighted by Crippen LogP contribution is -2.15. The lowest BCUT2D eigenvalue weighted by molar-refractivity contribution is 0.172. The lowest BCUT2D eigenvalue weighted by Gasteiger charge is -2.17. The van der Waals surface area contributed by atoms with Crippen LogP contribution in [-0.2, 0) is 0 Å². The third-order valence-corrected chi connectivity index (χ3v) is 6.29. The van der Waals surface area contributed by atoms with E-state index in [4.69, 9.17) is 9.47 Å². The molecule has 4 rings (SSSR count). The Morgan fingerprint density at radius 3 is 2.55 bits per heavy atom. The van der Waals surface area contributed by atoms with Gasteiger partial charge in [-0.15, -0.1) is 11.3 Å². The van der Waals surface area contributed by atoms with Crippen molar-refractivity contribution in [1.82, 2.24) is 9.97 Å². The van der Waals surface area contributed by atoms with Crippen LogP contribution in [0, 0.1) is 0 Å². The van der Waals surface area contributed by atoms with Gasteiger partial charge in [0.25, 0.3) is 0 Å². The molecule has 3 aromatic rings. The van der Waals surface area contributed by atoms with E-state index in [1.165, 1.54) is 0 Å². The summed E-state index contributed by atoms with van der Waals surface area (Å²) in [6.45, 7) is 1.17. The van der Waals surface area contributed by atoms with Crippen LogP contribution in [0.2, 0.25) is 0 Å². The van der Waals surface area contributed by atoms with E-state index in [9.17, 15) is 0 Å². The van der Waals surface area contributed by atoms with E-state index in [1.54, 1.807) is 11.3 Å². The van der Waals surface area contributed by atoms with Crippen molar-refractivity contribution >= 4 is 54.2 Å². The van der Waals surface area contributed by atoms with E-state index in [0.29, 0.717) is 13.2 Å². The first-order valence-corrected chi connectivity index (χ1v) is 8.35. The highest BCUT2D eigenvalue weighted by Crippen LogP contribution is 2.39. The van der Waals surface area contributed by atoms with Gasteiger partial charge in [-0.2, -0.15) is 0 Å². The number of nitrogens with one attached hydrogen (secondary N) is 1. The topological polar surface area (TPSA) is 47.1 Å². The van der Waals surface area contributed by atoms with Gasteiger partial charge in [0.05, 0.1) is 19.7 Å². The molecule has 0 spiro atoms. The van der Waals surface area contributed by atoms with Crippen molar-refractivity contribution in [2.24, 2.45) is 0 Å². The first kappa shape index (κ1) is 12.7. The van der Waals surface area contributed by atoms with Gasteiger partial charge in [-0.3, -0.25) is 0 Å². The van der Waals surface area contributed by atoms with Crippen molar-refractivity contribution in [3.05, 3.63) is 26.5 Å². The zero-order valence-corrected chi connectivity index (χ0v) is 14.1. The maximum absolute atomic E-state index is 5.58. The number of hydrogen-bond donors (Lipinski definition) is 1. The minimum Gasteiger partial charge on any atom is -0.486 e.